The van der Waals surface area contributed by atoms with Gasteiger partial charge in [0.15, 0.2) is 0 Å². The van der Waals surface area contributed by atoms with Crippen LogP contribution in [0.15, 0.2) is 0 Å². The molecule has 0 saturated carbocycles. The third-order valence-electron chi connectivity index (χ3n) is 2.86. The fourth-order valence-corrected chi connectivity index (χ4v) is 2.18. The maximum absolute atomic E-state index is 9.97. The highest BCUT2D eigenvalue weighted by Crippen LogP contribution is 2.35. The molecule has 1 atom stereocenters. The summed E-state index contributed by atoms with van der Waals surface area (Å²) in [5, 5.41) is 9.97. The van der Waals surface area contributed by atoms with Crippen molar-refractivity contribution < 1.29 is 9.84 Å². The lowest BCUT2D eigenvalue weighted by molar-refractivity contribution is -0.178. The Hall–Kier alpha value is -0.0800. The van der Waals surface area contributed by atoms with E-state index in [4.69, 9.17) is 4.74 Å². The summed E-state index contributed by atoms with van der Waals surface area (Å²) in [6.07, 6.45) is 0.824. The van der Waals surface area contributed by atoms with Gasteiger partial charge in [-0.2, -0.15) is 0 Å². The van der Waals surface area contributed by atoms with Crippen LogP contribution in [0.1, 0.15) is 41.0 Å². The molecule has 0 aromatic carbocycles. The Morgan fingerprint density at radius 1 is 1.33 bits per heavy atom. The van der Waals surface area contributed by atoms with Gasteiger partial charge in [-0.25, -0.2) is 0 Å². The van der Waals surface area contributed by atoms with Gasteiger partial charge in [0.25, 0.3) is 0 Å². The average Bonchev–Trinajstić information content (AvgIpc) is 1.87. The first-order chi connectivity index (χ1) is 5.31. The molecule has 0 spiro atoms. The monoisotopic (exact) mass is 174 g/mol. The minimum Gasteiger partial charge on any atom is -0.387 e. The molecule has 0 radical (unpaired) electrons. The van der Waals surface area contributed by atoms with Crippen LogP contribution in [-0.2, 0) is 4.74 Å². The molecule has 0 heterocycles. The van der Waals surface area contributed by atoms with Crippen molar-refractivity contribution in [1.29, 1.82) is 0 Å². The Labute approximate surface area is 75.9 Å². The standard InChI is InChI=1S/C10H22O2/c1-7-10(12-6,8(2)3)9(4,5)11/h8,11H,7H2,1-6H3. The van der Waals surface area contributed by atoms with Gasteiger partial charge in [-0.3, -0.25) is 0 Å². The first-order valence-corrected chi connectivity index (χ1v) is 4.59. The number of hydrogen-bond acceptors (Lipinski definition) is 2. The Morgan fingerprint density at radius 3 is 1.75 bits per heavy atom. The Morgan fingerprint density at radius 2 is 1.75 bits per heavy atom. The van der Waals surface area contributed by atoms with Gasteiger partial charge < -0.3 is 9.84 Å². The minimum absolute atomic E-state index is 0.312. The Kier molecular flexibility index (Phi) is 3.73. The van der Waals surface area contributed by atoms with Gasteiger partial charge in [-0.1, -0.05) is 20.8 Å². The lowest BCUT2D eigenvalue weighted by Crippen LogP contribution is -2.54. The molecule has 2 heteroatoms. The van der Waals surface area contributed by atoms with Crippen molar-refractivity contribution >= 4 is 0 Å². The van der Waals surface area contributed by atoms with E-state index in [1.807, 2.05) is 6.92 Å². The SMILES string of the molecule is CCC(OC)(C(C)C)C(C)(C)O. The zero-order valence-electron chi connectivity index (χ0n) is 9.14. The summed E-state index contributed by atoms with van der Waals surface area (Å²) in [4.78, 5) is 0. The Bertz CT molecular complexity index is 129. The van der Waals surface area contributed by atoms with Crippen LogP contribution < -0.4 is 0 Å². The smallest absolute Gasteiger partial charge is 0.0978 e. The summed E-state index contributed by atoms with van der Waals surface area (Å²) in [5.41, 5.74) is -1.21. The minimum atomic E-state index is -0.787. The van der Waals surface area contributed by atoms with Crippen molar-refractivity contribution in [2.75, 3.05) is 7.11 Å². The summed E-state index contributed by atoms with van der Waals surface area (Å²) in [6.45, 7) is 9.80. The van der Waals surface area contributed by atoms with Crippen molar-refractivity contribution in [2.45, 2.75) is 52.2 Å². The quantitative estimate of drug-likeness (QED) is 0.708. The second kappa shape index (κ2) is 3.75. The van der Waals surface area contributed by atoms with Crippen LogP contribution in [0, 0.1) is 5.92 Å². The van der Waals surface area contributed by atoms with E-state index in [1.165, 1.54) is 0 Å². The van der Waals surface area contributed by atoms with Gasteiger partial charge in [0.2, 0.25) is 0 Å². The normalized spacial score (nSPS) is 18.0. The number of rotatable bonds is 4. The average molecular weight is 174 g/mol. The molecular formula is C10H22O2. The van der Waals surface area contributed by atoms with Crippen LogP contribution in [0.25, 0.3) is 0 Å². The lowest BCUT2D eigenvalue weighted by atomic mass is 9.75. The summed E-state index contributed by atoms with van der Waals surface area (Å²) in [5.74, 6) is 0.312. The van der Waals surface area contributed by atoms with Crippen molar-refractivity contribution in [3.63, 3.8) is 0 Å². The highest BCUT2D eigenvalue weighted by Gasteiger charge is 2.45. The molecule has 0 rings (SSSR count). The van der Waals surface area contributed by atoms with Crippen LogP contribution in [0.5, 0.6) is 0 Å². The second-order valence-electron chi connectivity index (χ2n) is 4.16. The lowest BCUT2D eigenvalue weighted by Gasteiger charge is -2.45. The van der Waals surface area contributed by atoms with E-state index in [1.54, 1.807) is 21.0 Å². The van der Waals surface area contributed by atoms with Crippen molar-refractivity contribution in [2.24, 2.45) is 5.92 Å². The topological polar surface area (TPSA) is 29.5 Å². The van der Waals surface area contributed by atoms with E-state index in [-0.39, 0.29) is 0 Å². The van der Waals surface area contributed by atoms with E-state index >= 15 is 0 Å². The fourth-order valence-electron chi connectivity index (χ4n) is 2.18. The van der Waals surface area contributed by atoms with Crippen molar-refractivity contribution in [3.05, 3.63) is 0 Å². The molecule has 0 bridgehead atoms. The third kappa shape index (κ3) is 1.80. The number of hydrogen-bond donors (Lipinski definition) is 1. The number of methoxy groups -OCH3 is 1. The molecule has 1 unspecified atom stereocenters. The molecule has 74 valence electrons. The Balaban J connectivity index is 4.83. The fraction of sp³-hybridized carbons (Fsp3) is 1.00. The van der Waals surface area contributed by atoms with Gasteiger partial charge in [0.1, 0.15) is 0 Å². The van der Waals surface area contributed by atoms with E-state index in [0.29, 0.717) is 5.92 Å². The van der Waals surface area contributed by atoms with Crippen molar-refractivity contribution in [3.8, 4) is 0 Å². The first-order valence-electron chi connectivity index (χ1n) is 4.59. The summed E-state index contributed by atoms with van der Waals surface area (Å²) in [7, 11) is 1.67. The summed E-state index contributed by atoms with van der Waals surface area (Å²) in [6, 6.07) is 0. The molecule has 0 saturated heterocycles. The molecule has 2 nitrogen and oxygen atoms in total. The van der Waals surface area contributed by atoms with Crippen LogP contribution in [0.2, 0.25) is 0 Å². The zero-order chi connectivity index (χ0) is 9.99. The highest BCUT2D eigenvalue weighted by atomic mass is 16.5. The van der Waals surface area contributed by atoms with Gasteiger partial charge in [0, 0.05) is 7.11 Å². The van der Waals surface area contributed by atoms with Crippen LogP contribution in [0.3, 0.4) is 0 Å². The highest BCUT2D eigenvalue weighted by molar-refractivity contribution is 4.96. The van der Waals surface area contributed by atoms with Crippen molar-refractivity contribution in [1.82, 2.24) is 0 Å². The molecule has 0 aromatic heterocycles. The maximum atomic E-state index is 9.97. The van der Waals surface area contributed by atoms with Crippen LogP contribution >= 0.6 is 0 Å². The number of ether oxygens (including phenoxy) is 1. The zero-order valence-corrected chi connectivity index (χ0v) is 9.14. The molecule has 0 aromatic rings. The van der Waals surface area contributed by atoms with E-state index in [9.17, 15) is 5.11 Å². The maximum Gasteiger partial charge on any atom is 0.0978 e. The molecule has 0 aliphatic rings. The summed E-state index contributed by atoms with van der Waals surface area (Å²) < 4.78 is 5.46. The van der Waals surface area contributed by atoms with Crippen LogP contribution in [-0.4, -0.2) is 23.4 Å². The molecular weight excluding hydrogens is 152 g/mol. The van der Waals surface area contributed by atoms with E-state index in [2.05, 4.69) is 13.8 Å². The van der Waals surface area contributed by atoms with E-state index in [0.717, 1.165) is 6.42 Å². The largest absolute Gasteiger partial charge is 0.387 e. The second-order valence-corrected chi connectivity index (χ2v) is 4.16. The molecule has 12 heavy (non-hydrogen) atoms. The molecule has 0 aliphatic carbocycles. The predicted molar refractivity (Wildman–Crippen MR) is 51.2 cm³/mol. The van der Waals surface area contributed by atoms with Gasteiger partial charge >= 0.3 is 0 Å². The molecule has 0 amide bonds. The molecule has 0 fully saturated rings. The summed E-state index contributed by atoms with van der Waals surface area (Å²) >= 11 is 0. The predicted octanol–water partition coefficient (Wildman–Crippen LogP) is 2.21. The number of aliphatic hydroxyl groups is 1. The van der Waals surface area contributed by atoms with Gasteiger partial charge in [-0.05, 0) is 26.2 Å². The van der Waals surface area contributed by atoms with Crippen LogP contribution in [0.4, 0.5) is 0 Å². The van der Waals surface area contributed by atoms with E-state index < -0.39 is 11.2 Å². The third-order valence-corrected chi connectivity index (χ3v) is 2.86. The first kappa shape index (κ1) is 11.9. The van der Waals surface area contributed by atoms with Gasteiger partial charge in [-0.15, -0.1) is 0 Å². The molecule has 0 aliphatic heterocycles. The molecule has 1 N–H and O–H groups in total. The van der Waals surface area contributed by atoms with Gasteiger partial charge in [0.05, 0.1) is 11.2 Å².